The molecule has 0 fully saturated rings. The average molecular weight is 376 g/mol. The Kier molecular flexibility index (Phi) is 5.71. The largest absolute Gasteiger partial charge is 0.502 e. The van der Waals surface area contributed by atoms with Gasteiger partial charge in [-0.05, 0) is 42.5 Å². The number of azo groups is 1. The SMILES string of the molecule is COc1cc(C=Nc2ccc(N=Nc3ccccc3)cc2)c(O)c([N+](=O)[O-])c1. The lowest BCUT2D eigenvalue weighted by Gasteiger charge is -2.04. The minimum absolute atomic E-state index is 0.180. The van der Waals surface area contributed by atoms with Gasteiger partial charge < -0.3 is 9.84 Å². The van der Waals surface area contributed by atoms with Gasteiger partial charge in [0, 0.05) is 11.8 Å². The lowest BCUT2D eigenvalue weighted by Crippen LogP contribution is -1.94. The second-order valence-corrected chi connectivity index (χ2v) is 5.65. The van der Waals surface area contributed by atoms with Gasteiger partial charge in [0.15, 0.2) is 0 Å². The van der Waals surface area contributed by atoms with Crippen LogP contribution >= 0.6 is 0 Å². The number of phenolic OH excluding ortho intramolecular Hbond substituents is 1. The molecule has 0 aliphatic carbocycles. The third-order valence-electron chi connectivity index (χ3n) is 3.76. The monoisotopic (exact) mass is 376 g/mol. The van der Waals surface area contributed by atoms with Crippen LogP contribution in [-0.2, 0) is 0 Å². The van der Waals surface area contributed by atoms with E-state index < -0.39 is 16.4 Å². The maximum atomic E-state index is 11.0. The van der Waals surface area contributed by atoms with Crippen molar-refractivity contribution in [3.05, 3.63) is 82.4 Å². The number of hydrogen-bond donors (Lipinski definition) is 1. The maximum absolute atomic E-state index is 11.0. The number of methoxy groups -OCH3 is 1. The van der Waals surface area contributed by atoms with Crippen molar-refractivity contribution >= 4 is 29.0 Å². The van der Waals surface area contributed by atoms with Crippen molar-refractivity contribution in [2.45, 2.75) is 0 Å². The fourth-order valence-electron chi connectivity index (χ4n) is 2.33. The zero-order valence-electron chi connectivity index (χ0n) is 14.9. The third kappa shape index (κ3) is 4.55. The van der Waals surface area contributed by atoms with Gasteiger partial charge >= 0.3 is 5.69 Å². The average Bonchev–Trinajstić information content (AvgIpc) is 2.73. The van der Waals surface area contributed by atoms with Crippen molar-refractivity contribution in [3.8, 4) is 11.5 Å². The van der Waals surface area contributed by atoms with E-state index in [-0.39, 0.29) is 11.3 Å². The Morgan fingerprint density at radius 3 is 2.18 bits per heavy atom. The standard InChI is InChI=1S/C20H16N4O4/c1-28-18-11-14(20(25)19(12-18)24(26)27)13-21-15-7-9-17(10-8-15)23-22-16-5-3-2-4-6-16/h2-13,25H,1H3. The molecular weight excluding hydrogens is 360 g/mol. The summed E-state index contributed by atoms with van der Waals surface area (Å²) in [7, 11) is 1.39. The van der Waals surface area contributed by atoms with Crippen molar-refractivity contribution in [3.63, 3.8) is 0 Å². The molecular formula is C20H16N4O4. The van der Waals surface area contributed by atoms with Gasteiger partial charge in [0.2, 0.25) is 5.75 Å². The van der Waals surface area contributed by atoms with Crippen LogP contribution in [0.15, 0.2) is 82.0 Å². The smallest absolute Gasteiger partial charge is 0.315 e. The van der Waals surface area contributed by atoms with E-state index in [1.807, 2.05) is 30.3 Å². The van der Waals surface area contributed by atoms with Crippen LogP contribution < -0.4 is 4.74 Å². The van der Waals surface area contributed by atoms with Crippen molar-refractivity contribution in [2.24, 2.45) is 15.2 Å². The lowest BCUT2D eigenvalue weighted by atomic mass is 10.1. The van der Waals surface area contributed by atoms with Crippen LogP contribution in [0.5, 0.6) is 11.5 Å². The molecule has 3 aromatic carbocycles. The van der Waals surface area contributed by atoms with Gasteiger partial charge in [-0.3, -0.25) is 15.1 Å². The maximum Gasteiger partial charge on any atom is 0.315 e. The lowest BCUT2D eigenvalue weighted by molar-refractivity contribution is -0.385. The first-order valence-electron chi connectivity index (χ1n) is 8.23. The van der Waals surface area contributed by atoms with Gasteiger partial charge in [0.25, 0.3) is 0 Å². The molecule has 0 atom stereocenters. The third-order valence-corrected chi connectivity index (χ3v) is 3.76. The molecule has 0 saturated carbocycles. The molecule has 0 aromatic heterocycles. The molecule has 0 aliphatic rings. The Morgan fingerprint density at radius 2 is 1.57 bits per heavy atom. The molecule has 0 unspecified atom stereocenters. The van der Waals surface area contributed by atoms with E-state index in [0.717, 1.165) is 11.8 Å². The highest BCUT2D eigenvalue weighted by Crippen LogP contribution is 2.33. The molecule has 0 radical (unpaired) electrons. The van der Waals surface area contributed by atoms with E-state index in [0.29, 0.717) is 11.4 Å². The molecule has 0 aliphatic heterocycles. The van der Waals surface area contributed by atoms with Gasteiger partial charge in [-0.1, -0.05) is 18.2 Å². The number of benzene rings is 3. The number of hydrogen-bond acceptors (Lipinski definition) is 7. The van der Waals surface area contributed by atoms with E-state index in [1.54, 1.807) is 24.3 Å². The highest BCUT2D eigenvalue weighted by atomic mass is 16.6. The van der Waals surface area contributed by atoms with Gasteiger partial charge in [-0.25, -0.2) is 0 Å². The zero-order valence-corrected chi connectivity index (χ0v) is 14.9. The number of aliphatic imine (C=N–C) groups is 1. The van der Waals surface area contributed by atoms with Crippen molar-refractivity contribution in [1.29, 1.82) is 0 Å². The van der Waals surface area contributed by atoms with Crippen molar-refractivity contribution < 1.29 is 14.8 Å². The second kappa shape index (κ2) is 8.54. The highest BCUT2D eigenvalue weighted by Gasteiger charge is 2.18. The summed E-state index contributed by atoms with van der Waals surface area (Å²) in [6.07, 6.45) is 1.34. The number of nitro groups is 1. The second-order valence-electron chi connectivity index (χ2n) is 5.65. The Hall–Kier alpha value is -4.07. The summed E-state index contributed by atoms with van der Waals surface area (Å²) >= 11 is 0. The Labute approximate surface area is 160 Å². The van der Waals surface area contributed by atoms with E-state index in [2.05, 4.69) is 15.2 Å². The van der Waals surface area contributed by atoms with Crippen LogP contribution in [0.4, 0.5) is 22.7 Å². The van der Waals surface area contributed by atoms with E-state index in [1.165, 1.54) is 19.4 Å². The van der Waals surface area contributed by atoms with Gasteiger partial charge in [-0.15, -0.1) is 0 Å². The number of nitrogens with zero attached hydrogens (tertiary/aromatic N) is 4. The quantitative estimate of drug-likeness (QED) is 0.266. The van der Waals surface area contributed by atoms with Crippen LogP contribution in [0.25, 0.3) is 0 Å². The topological polar surface area (TPSA) is 110 Å². The Balaban J connectivity index is 1.79. The fraction of sp³-hybridized carbons (Fsp3) is 0.0500. The van der Waals surface area contributed by atoms with Crippen LogP contribution in [0.2, 0.25) is 0 Å². The van der Waals surface area contributed by atoms with Gasteiger partial charge in [0.1, 0.15) is 5.75 Å². The Morgan fingerprint density at radius 1 is 0.964 bits per heavy atom. The number of nitro benzene ring substituents is 1. The summed E-state index contributed by atoms with van der Waals surface area (Å²) in [5.41, 5.74) is 1.72. The molecule has 8 heteroatoms. The first-order chi connectivity index (χ1) is 13.6. The van der Waals surface area contributed by atoms with E-state index in [4.69, 9.17) is 4.74 Å². The first kappa shape index (κ1) is 18.7. The summed E-state index contributed by atoms with van der Waals surface area (Å²) in [4.78, 5) is 14.6. The molecule has 140 valence electrons. The number of ether oxygens (including phenoxy) is 1. The normalized spacial score (nSPS) is 11.2. The summed E-state index contributed by atoms with van der Waals surface area (Å²) in [5, 5.41) is 29.4. The Bertz CT molecular complexity index is 1030. The molecule has 28 heavy (non-hydrogen) atoms. The van der Waals surface area contributed by atoms with Crippen LogP contribution in [-0.4, -0.2) is 23.4 Å². The minimum Gasteiger partial charge on any atom is -0.502 e. The van der Waals surface area contributed by atoms with Crippen LogP contribution in [0.1, 0.15) is 5.56 Å². The molecule has 0 heterocycles. The van der Waals surface area contributed by atoms with E-state index >= 15 is 0 Å². The summed E-state index contributed by atoms with van der Waals surface area (Å²) in [6.45, 7) is 0. The predicted octanol–water partition coefficient (Wildman–Crippen LogP) is 5.48. The van der Waals surface area contributed by atoms with Crippen molar-refractivity contribution in [2.75, 3.05) is 7.11 Å². The summed E-state index contributed by atoms with van der Waals surface area (Å²) in [5.74, 6) is -0.217. The number of rotatable bonds is 6. The predicted molar refractivity (Wildman–Crippen MR) is 106 cm³/mol. The molecule has 0 spiro atoms. The molecule has 3 rings (SSSR count). The first-order valence-corrected chi connectivity index (χ1v) is 8.23. The highest BCUT2D eigenvalue weighted by molar-refractivity contribution is 5.88. The van der Waals surface area contributed by atoms with E-state index in [9.17, 15) is 15.2 Å². The molecule has 3 aromatic rings. The van der Waals surface area contributed by atoms with Crippen molar-refractivity contribution in [1.82, 2.24) is 0 Å². The van der Waals surface area contributed by atoms with Gasteiger partial charge in [0.05, 0.1) is 35.2 Å². The number of phenols is 1. The molecule has 8 nitrogen and oxygen atoms in total. The number of aromatic hydroxyl groups is 1. The van der Waals surface area contributed by atoms with Gasteiger partial charge in [-0.2, -0.15) is 10.2 Å². The molecule has 0 bridgehead atoms. The fourth-order valence-corrected chi connectivity index (χ4v) is 2.33. The van der Waals surface area contributed by atoms with Crippen LogP contribution in [0.3, 0.4) is 0 Å². The molecule has 0 amide bonds. The molecule has 0 saturated heterocycles. The summed E-state index contributed by atoms with van der Waals surface area (Å²) < 4.78 is 5.03. The van der Waals surface area contributed by atoms with Crippen LogP contribution in [0, 0.1) is 10.1 Å². The summed E-state index contributed by atoms with van der Waals surface area (Å²) in [6, 6.07) is 18.9. The molecule has 1 N–H and O–H groups in total. The zero-order chi connectivity index (χ0) is 19.9. The minimum atomic E-state index is -0.679.